The van der Waals surface area contributed by atoms with Crippen molar-refractivity contribution in [3.8, 4) is 0 Å². The highest BCUT2D eigenvalue weighted by Gasteiger charge is 2.12. The lowest BCUT2D eigenvalue weighted by Crippen LogP contribution is -2.37. The van der Waals surface area contributed by atoms with E-state index >= 15 is 0 Å². The van der Waals surface area contributed by atoms with Gasteiger partial charge in [0.05, 0.1) is 13.2 Å². The number of nitrogens with one attached hydrogen (secondary N) is 2. The first-order valence-corrected chi connectivity index (χ1v) is 8.97. The number of benzene rings is 1. The van der Waals surface area contributed by atoms with Crippen molar-refractivity contribution in [1.82, 2.24) is 15.6 Å². The van der Waals surface area contributed by atoms with Crippen LogP contribution in [0.4, 0.5) is 10.6 Å². The third kappa shape index (κ3) is 4.95. The van der Waals surface area contributed by atoms with Crippen LogP contribution in [-0.4, -0.2) is 37.3 Å². The number of carbonyl (C=O) groups excluding carboxylic acids is 1. The summed E-state index contributed by atoms with van der Waals surface area (Å²) in [6, 6.07) is 10.0. The molecular formula is C20H26N4O2. The number of aryl methyl sites for hydroxylation is 2. The van der Waals surface area contributed by atoms with Crippen LogP contribution in [0.3, 0.4) is 0 Å². The Bertz CT molecular complexity index is 757. The fraction of sp³-hybridized carbons (Fsp3) is 0.400. The van der Waals surface area contributed by atoms with Gasteiger partial charge in [-0.1, -0.05) is 23.8 Å². The predicted molar refractivity (Wildman–Crippen MR) is 102 cm³/mol. The predicted octanol–water partition coefficient (Wildman–Crippen LogP) is 2.53. The topological polar surface area (TPSA) is 66.5 Å². The molecule has 1 aliphatic rings. The molecule has 2 heterocycles. The standard InChI is InChI=1S/C20H26N4O2/c1-15-3-4-18(16(2)11-15)14-23-20(25)22-13-17-5-6-21-19(12-17)24-7-9-26-10-8-24/h3-6,11-12H,7-10,13-14H2,1-2H3,(H2,22,23,25). The SMILES string of the molecule is Cc1ccc(CNC(=O)NCc2ccnc(N3CCOCC3)c2)c(C)c1. The lowest BCUT2D eigenvalue weighted by atomic mass is 10.1. The first kappa shape index (κ1) is 18.2. The van der Waals surface area contributed by atoms with Crippen LogP contribution in [0, 0.1) is 13.8 Å². The van der Waals surface area contributed by atoms with Crippen LogP contribution in [0.5, 0.6) is 0 Å². The van der Waals surface area contributed by atoms with Crippen LogP contribution in [0.15, 0.2) is 36.5 Å². The smallest absolute Gasteiger partial charge is 0.315 e. The molecule has 2 N–H and O–H groups in total. The molecule has 0 atom stereocenters. The van der Waals surface area contributed by atoms with Crippen molar-refractivity contribution in [3.05, 3.63) is 58.8 Å². The van der Waals surface area contributed by atoms with Gasteiger partial charge in [0.25, 0.3) is 0 Å². The summed E-state index contributed by atoms with van der Waals surface area (Å²) in [6.07, 6.45) is 1.79. The second kappa shape index (κ2) is 8.67. The van der Waals surface area contributed by atoms with Gasteiger partial charge in [-0.3, -0.25) is 0 Å². The zero-order valence-electron chi connectivity index (χ0n) is 15.4. The van der Waals surface area contributed by atoms with Crippen molar-refractivity contribution in [2.24, 2.45) is 0 Å². The summed E-state index contributed by atoms with van der Waals surface area (Å²) >= 11 is 0. The van der Waals surface area contributed by atoms with Gasteiger partial charge in [0.1, 0.15) is 5.82 Å². The number of morpholine rings is 1. The highest BCUT2D eigenvalue weighted by Crippen LogP contribution is 2.14. The molecule has 1 aliphatic heterocycles. The lowest BCUT2D eigenvalue weighted by molar-refractivity contribution is 0.122. The van der Waals surface area contributed by atoms with Gasteiger partial charge in [-0.25, -0.2) is 9.78 Å². The van der Waals surface area contributed by atoms with Gasteiger partial charge in [-0.05, 0) is 42.7 Å². The van der Waals surface area contributed by atoms with Crippen molar-refractivity contribution in [2.45, 2.75) is 26.9 Å². The molecule has 1 fully saturated rings. The highest BCUT2D eigenvalue weighted by atomic mass is 16.5. The molecule has 26 heavy (non-hydrogen) atoms. The third-order valence-corrected chi connectivity index (χ3v) is 4.54. The summed E-state index contributed by atoms with van der Waals surface area (Å²) < 4.78 is 5.37. The largest absolute Gasteiger partial charge is 0.378 e. The minimum absolute atomic E-state index is 0.172. The number of rotatable bonds is 5. The fourth-order valence-corrected chi connectivity index (χ4v) is 3.00. The van der Waals surface area contributed by atoms with Crippen LogP contribution in [0.1, 0.15) is 22.3 Å². The Balaban J connectivity index is 1.49. The molecule has 0 aliphatic carbocycles. The van der Waals surface area contributed by atoms with E-state index in [1.165, 1.54) is 11.1 Å². The third-order valence-electron chi connectivity index (χ3n) is 4.54. The molecular weight excluding hydrogens is 328 g/mol. The molecule has 6 nitrogen and oxygen atoms in total. The number of aromatic nitrogens is 1. The number of hydrogen-bond acceptors (Lipinski definition) is 4. The molecule has 6 heteroatoms. The van der Waals surface area contributed by atoms with Gasteiger partial charge in [0.15, 0.2) is 0 Å². The molecule has 2 amide bonds. The number of amides is 2. The molecule has 0 saturated carbocycles. The van der Waals surface area contributed by atoms with Gasteiger partial charge < -0.3 is 20.3 Å². The number of anilines is 1. The Morgan fingerprint density at radius 3 is 2.65 bits per heavy atom. The van der Waals surface area contributed by atoms with Gasteiger partial charge in [-0.2, -0.15) is 0 Å². The summed E-state index contributed by atoms with van der Waals surface area (Å²) in [5, 5.41) is 5.82. The monoisotopic (exact) mass is 354 g/mol. The van der Waals surface area contributed by atoms with E-state index in [1.54, 1.807) is 6.20 Å². The Labute approximate surface area is 154 Å². The molecule has 1 aromatic carbocycles. The molecule has 2 aromatic rings. The Hall–Kier alpha value is -2.60. The zero-order chi connectivity index (χ0) is 18.4. The minimum atomic E-state index is -0.172. The number of hydrogen-bond donors (Lipinski definition) is 2. The molecule has 0 bridgehead atoms. The minimum Gasteiger partial charge on any atom is -0.378 e. The lowest BCUT2D eigenvalue weighted by Gasteiger charge is -2.28. The number of pyridine rings is 1. The van der Waals surface area contributed by atoms with Crippen LogP contribution in [0.25, 0.3) is 0 Å². The summed E-state index contributed by atoms with van der Waals surface area (Å²) in [5.74, 6) is 0.934. The van der Waals surface area contributed by atoms with Crippen molar-refractivity contribution in [3.63, 3.8) is 0 Å². The molecule has 3 rings (SSSR count). The number of carbonyl (C=O) groups is 1. The number of urea groups is 1. The maximum Gasteiger partial charge on any atom is 0.315 e. The van der Waals surface area contributed by atoms with E-state index in [4.69, 9.17) is 4.74 Å². The van der Waals surface area contributed by atoms with E-state index in [9.17, 15) is 4.79 Å². The van der Waals surface area contributed by atoms with Gasteiger partial charge in [0, 0.05) is 32.4 Å². The quantitative estimate of drug-likeness (QED) is 0.866. The Morgan fingerprint density at radius 1 is 1.12 bits per heavy atom. The summed E-state index contributed by atoms with van der Waals surface area (Å²) in [6.45, 7) is 8.27. The van der Waals surface area contributed by atoms with E-state index in [1.807, 2.05) is 12.1 Å². The van der Waals surface area contributed by atoms with E-state index in [0.717, 1.165) is 43.2 Å². The Kier molecular flexibility index (Phi) is 6.07. The van der Waals surface area contributed by atoms with Gasteiger partial charge in [-0.15, -0.1) is 0 Å². The average molecular weight is 354 g/mol. The fourth-order valence-electron chi connectivity index (χ4n) is 3.00. The second-order valence-electron chi connectivity index (χ2n) is 6.59. The number of nitrogens with zero attached hydrogens (tertiary/aromatic N) is 2. The average Bonchev–Trinajstić information content (AvgIpc) is 2.66. The Morgan fingerprint density at radius 2 is 1.88 bits per heavy atom. The van der Waals surface area contributed by atoms with Gasteiger partial charge in [0.2, 0.25) is 0 Å². The summed E-state index contributed by atoms with van der Waals surface area (Å²) in [7, 11) is 0. The first-order chi connectivity index (χ1) is 12.6. The molecule has 138 valence electrons. The first-order valence-electron chi connectivity index (χ1n) is 8.97. The molecule has 1 aromatic heterocycles. The summed E-state index contributed by atoms with van der Waals surface area (Å²) in [5.41, 5.74) is 4.58. The van der Waals surface area contributed by atoms with Crippen LogP contribution >= 0.6 is 0 Å². The van der Waals surface area contributed by atoms with Crippen molar-refractivity contribution >= 4 is 11.8 Å². The van der Waals surface area contributed by atoms with E-state index in [-0.39, 0.29) is 6.03 Å². The van der Waals surface area contributed by atoms with Crippen molar-refractivity contribution < 1.29 is 9.53 Å². The second-order valence-corrected chi connectivity index (χ2v) is 6.59. The van der Waals surface area contributed by atoms with Crippen LogP contribution in [0.2, 0.25) is 0 Å². The summed E-state index contributed by atoms with van der Waals surface area (Å²) in [4.78, 5) is 18.7. The molecule has 0 spiro atoms. The van der Waals surface area contributed by atoms with Crippen molar-refractivity contribution in [1.29, 1.82) is 0 Å². The van der Waals surface area contributed by atoms with E-state index in [0.29, 0.717) is 13.1 Å². The molecule has 1 saturated heterocycles. The maximum absolute atomic E-state index is 12.1. The van der Waals surface area contributed by atoms with Crippen LogP contribution in [-0.2, 0) is 17.8 Å². The molecule has 0 radical (unpaired) electrons. The van der Waals surface area contributed by atoms with Gasteiger partial charge >= 0.3 is 6.03 Å². The maximum atomic E-state index is 12.1. The van der Waals surface area contributed by atoms with Crippen LogP contribution < -0.4 is 15.5 Å². The highest BCUT2D eigenvalue weighted by molar-refractivity contribution is 5.73. The number of ether oxygens (including phenoxy) is 1. The van der Waals surface area contributed by atoms with E-state index in [2.05, 4.69) is 52.6 Å². The normalized spacial score (nSPS) is 14.2. The zero-order valence-corrected chi connectivity index (χ0v) is 15.4. The van der Waals surface area contributed by atoms with Crippen molar-refractivity contribution in [2.75, 3.05) is 31.2 Å². The van der Waals surface area contributed by atoms with E-state index < -0.39 is 0 Å². The molecule has 0 unspecified atom stereocenters.